The first-order valence-corrected chi connectivity index (χ1v) is 6.51. The van der Waals surface area contributed by atoms with Gasteiger partial charge in [-0.3, -0.25) is 4.68 Å². The van der Waals surface area contributed by atoms with Gasteiger partial charge in [0.25, 0.3) is 0 Å². The summed E-state index contributed by atoms with van der Waals surface area (Å²) in [6.45, 7) is 6.02. The fourth-order valence-electron chi connectivity index (χ4n) is 1.80. The van der Waals surface area contributed by atoms with Crippen molar-refractivity contribution < 1.29 is 4.74 Å². The minimum Gasteiger partial charge on any atom is -0.435 e. The van der Waals surface area contributed by atoms with E-state index >= 15 is 0 Å². The first kappa shape index (κ1) is 13.5. The predicted octanol–water partition coefficient (Wildman–Crippen LogP) is 2.42. The molecule has 1 N–H and O–H groups in total. The van der Waals surface area contributed by atoms with Crippen molar-refractivity contribution >= 4 is 0 Å². The second-order valence-corrected chi connectivity index (χ2v) is 4.59. The van der Waals surface area contributed by atoms with Crippen molar-refractivity contribution in [3.8, 4) is 11.6 Å². The Morgan fingerprint density at radius 3 is 2.84 bits per heavy atom. The molecular formula is C14H20N4O. The Morgan fingerprint density at radius 2 is 2.21 bits per heavy atom. The summed E-state index contributed by atoms with van der Waals surface area (Å²) in [7, 11) is 1.86. The van der Waals surface area contributed by atoms with E-state index in [1.165, 1.54) is 5.56 Å². The molecule has 0 bridgehead atoms. The van der Waals surface area contributed by atoms with Crippen LogP contribution in [-0.2, 0) is 13.6 Å². The zero-order valence-corrected chi connectivity index (χ0v) is 11.7. The number of hydrogen-bond donors (Lipinski definition) is 1. The van der Waals surface area contributed by atoms with Gasteiger partial charge in [-0.2, -0.15) is 5.10 Å². The van der Waals surface area contributed by atoms with Gasteiger partial charge in [0.05, 0.1) is 12.4 Å². The molecule has 0 saturated heterocycles. The Kier molecular flexibility index (Phi) is 4.52. The second kappa shape index (κ2) is 6.33. The Balaban J connectivity index is 2.02. The molecule has 0 radical (unpaired) electrons. The van der Waals surface area contributed by atoms with Crippen molar-refractivity contribution in [2.45, 2.75) is 26.8 Å². The van der Waals surface area contributed by atoms with E-state index in [-0.39, 0.29) is 0 Å². The van der Waals surface area contributed by atoms with Crippen molar-refractivity contribution in [2.24, 2.45) is 7.05 Å². The van der Waals surface area contributed by atoms with Gasteiger partial charge in [-0.15, -0.1) is 0 Å². The second-order valence-electron chi connectivity index (χ2n) is 4.59. The highest BCUT2D eigenvalue weighted by Gasteiger charge is 2.05. The van der Waals surface area contributed by atoms with Crippen LogP contribution >= 0.6 is 0 Å². The van der Waals surface area contributed by atoms with E-state index < -0.39 is 0 Å². The highest BCUT2D eigenvalue weighted by atomic mass is 16.5. The van der Waals surface area contributed by atoms with Crippen LogP contribution in [0.3, 0.4) is 0 Å². The van der Waals surface area contributed by atoms with E-state index in [9.17, 15) is 0 Å². The first-order valence-electron chi connectivity index (χ1n) is 6.51. The number of rotatable bonds is 6. The maximum absolute atomic E-state index is 5.70. The van der Waals surface area contributed by atoms with E-state index in [1.807, 2.05) is 26.4 Å². The van der Waals surface area contributed by atoms with Crippen LogP contribution in [0.1, 0.15) is 24.5 Å². The standard InChI is InChI=1S/C14H20N4O/c1-4-5-15-7-12-6-11(2)14(16-8-12)19-13-9-17-18(3)10-13/h6,8-10,15H,4-5,7H2,1-3H3. The van der Waals surface area contributed by atoms with Crippen LogP contribution in [-0.4, -0.2) is 21.3 Å². The topological polar surface area (TPSA) is 52.0 Å². The van der Waals surface area contributed by atoms with Crippen LogP contribution in [0.15, 0.2) is 24.7 Å². The summed E-state index contributed by atoms with van der Waals surface area (Å²) in [5.41, 5.74) is 2.20. The number of aromatic nitrogens is 3. The minimum absolute atomic E-state index is 0.632. The third kappa shape index (κ3) is 3.79. The molecule has 0 saturated carbocycles. The molecule has 0 fully saturated rings. The zero-order valence-electron chi connectivity index (χ0n) is 11.7. The summed E-state index contributed by atoms with van der Waals surface area (Å²) < 4.78 is 7.40. The average Bonchev–Trinajstić information content (AvgIpc) is 2.79. The molecule has 2 heterocycles. The number of nitrogens with one attached hydrogen (secondary N) is 1. The SMILES string of the molecule is CCCNCc1cnc(Oc2cnn(C)c2)c(C)c1. The first-order chi connectivity index (χ1) is 9.19. The van der Waals surface area contributed by atoms with E-state index in [0.29, 0.717) is 11.6 Å². The Morgan fingerprint density at radius 1 is 1.37 bits per heavy atom. The van der Waals surface area contributed by atoms with Gasteiger partial charge in [0.1, 0.15) is 0 Å². The lowest BCUT2D eigenvalue weighted by atomic mass is 10.2. The van der Waals surface area contributed by atoms with E-state index in [1.54, 1.807) is 10.9 Å². The Labute approximate surface area is 113 Å². The van der Waals surface area contributed by atoms with Crippen molar-refractivity contribution in [3.05, 3.63) is 35.8 Å². The minimum atomic E-state index is 0.632. The quantitative estimate of drug-likeness (QED) is 0.810. The van der Waals surface area contributed by atoms with Gasteiger partial charge in [0.2, 0.25) is 5.88 Å². The molecule has 0 aromatic carbocycles. The van der Waals surface area contributed by atoms with Crippen LogP contribution in [0, 0.1) is 6.92 Å². The molecule has 0 aliphatic rings. The van der Waals surface area contributed by atoms with Gasteiger partial charge in [0, 0.05) is 25.4 Å². The summed E-state index contributed by atoms with van der Waals surface area (Å²) in [5, 5.41) is 7.42. The van der Waals surface area contributed by atoms with Crippen molar-refractivity contribution in [3.63, 3.8) is 0 Å². The number of nitrogens with zero attached hydrogens (tertiary/aromatic N) is 3. The fraction of sp³-hybridized carbons (Fsp3) is 0.429. The molecule has 0 spiro atoms. The maximum atomic E-state index is 5.70. The smallest absolute Gasteiger partial charge is 0.222 e. The number of aryl methyl sites for hydroxylation is 2. The zero-order chi connectivity index (χ0) is 13.7. The third-order valence-corrected chi connectivity index (χ3v) is 2.74. The van der Waals surface area contributed by atoms with Gasteiger partial charge in [-0.05, 0) is 31.5 Å². The van der Waals surface area contributed by atoms with Gasteiger partial charge in [-0.1, -0.05) is 6.92 Å². The summed E-state index contributed by atoms with van der Waals surface area (Å²) in [5.74, 6) is 1.34. The lowest BCUT2D eigenvalue weighted by molar-refractivity contribution is 0.457. The van der Waals surface area contributed by atoms with Crippen LogP contribution in [0.25, 0.3) is 0 Å². The van der Waals surface area contributed by atoms with E-state index in [2.05, 4.69) is 28.4 Å². The van der Waals surface area contributed by atoms with Crippen LogP contribution in [0.5, 0.6) is 11.6 Å². The van der Waals surface area contributed by atoms with E-state index in [4.69, 9.17) is 4.74 Å². The van der Waals surface area contributed by atoms with Crippen LogP contribution in [0.2, 0.25) is 0 Å². The Hall–Kier alpha value is -1.88. The van der Waals surface area contributed by atoms with Gasteiger partial charge < -0.3 is 10.1 Å². The number of hydrogen-bond acceptors (Lipinski definition) is 4. The van der Waals surface area contributed by atoms with Gasteiger partial charge in [0.15, 0.2) is 5.75 Å². The summed E-state index contributed by atoms with van der Waals surface area (Å²) in [6, 6.07) is 2.10. The van der Waals surface area contributed by atoms with Crippen LogP contribution < -0.4 is 10.1 Å². The summed E-state index contributed by atoms with van der Waals surface area (Å²) in [6.07, 6.45) is 6.48. The average molecular weight is 260 g/mol. The molecule has 0 amide bonds. The van der Waals surface area contributed by atoms with Crippen molar-refractivity contribution in [1.29, 1.82) is 0 Å². The molecule has 19 heavy (non-hydrogen) atoms. The molecule has 0 atom stereocenters. The molecule has 5 heteroatoms. The lowest BCUT2D eigenvalue weighted by Gasteiger charge is -2.08. The molecular weight excluding hydrogens is 240 g/mol. The fourth-order valence-corrected chi connectivity index (χ4v) is 1.80. The normalized spacial score (nSPS) is 10.7. The Bertz CT molecular complexity index is 536. The number of ether oxygens (including phenoxy) is 1. The molecule has 0 aliphatic heterocycles. The molecule has 2 aromatic heterocycles. The van der Waals surface area contributed by atoms with Gasteiger partial charge >= 0.3 is 0 Å². The summed E-state index contributed by atoms with van der Waals surface area (Å²) >= 11 is 0. The molecule has 102 valence electrons. The lowest BCUT2D eigenvalue weighted by Crippen LogP contribution is -2.14. The largest absolute Gasteiger partial charge is 0.435 e. The monoisotopic (exact) mass is 260 g/mol. The van der Waals surface area contributed by atoms with Crippen molar-refractivity contribution in [2.75, 3.05) is 6.54 Å². The molecule has 2 rings (SSSR count). The predicted molar refractivity (Wildman–Crippen MR) is 74.3 cm³/mol. The molecule has 0 aliphatic carbocycles. The van der Waals surface area contributed by atoms with Gasteiger partial charge in [-0.25, -0.2) is 4.98 Å². The third-order valence-electron chi connectivity index (χ3n) is 2.74. The summed E-state index contributed by atoms with van der Waals surface area (Å²) in [4.78, 5) is 4.36. The molecule has 0 unspecified atom stereocenters. The molecule has 2 aromatic rings. The van der Waals surface area contributed by atoms with Crippen LogP contribution in [0.4, 0.5) is 0 Å². The highest BCUT2D eigenvalue weighted by molar-refractivity contribution is 5.32. The molecule has 5 nitrogen and oxygen atoms in total. The number of pyridine rings is 1. The van der Waals surface area contributed by atoms with E-state index in [0.717, 1.165) is 25.1 Å². The highest BCUT2D eigenvalue weighted by Crippen LogP contribution is 2.22. The maximum Gasteiger partial charge on any atom is 0.222 e. The van der Waals surface area contributed by atoms with Crippen molar-refractivity contribution in [1.82, 2.24) is 20.1 Å².